The number of para-hydroxylation sites is 1. The second kappa shape index (κ2) is 10.3. The number of benzene rings is 3. The molecule has 6 aromatic rings. The molecule has 3 aromatic heterocycles. The lowest BCUT2D eigenvalue weighted by Crippen LogP contribution is -2.40. The van der Waals surface area contributed by atoms with Crippen LogP contribution in [0.2, 0.25) is 0 Å². The van der Waals surface area contributed by atoms with Gasteiger partial charge in [-0.15, -0.1) is 0 Å². The highest BCUT2D eigenvalue weighted by Gasteiger charge is 2.45. The molecule has 6 nitrogen and oxygen atoms in total. The van der Waals surface area contributed by atoms with Crippen molar-refractivity contribution < 1.29 is 4.74 Å². The molecule has 9 rings (SSSR count). The topological polar surface area (TPSA) is 46.4 Å². The molecular formula is C40H39N5O. The van der Waals surface area contributed by atoms with Gasteiger partial charge in [0, 0.05) is 47.0 Å². The molecule has 2 aliphatic carbocycles. The van der Waals surface area contributed by atoms with E-state index in [0.29, 0.717) is 6.04 Å². The van der Waals surface area contributed by atoms with Crippen LogP contribution in [0.4, 0.5) is 17.1 Å². The highest BCUT2D eigenvalue weighted by molar-refractivity contribution is 6.09. The fourth-order valence-corrected chi connectivity index (χ4v) is 8.35. The quantitative estimate of drug-likeness (QED) is 0.196. The van der Waals surface area contributed by atoms with Gasteiger partial charge in [0.15, 0.2) is 0 Å². The van der Waals surface area contributed by atoms with Gasteiger partial charge >= 0.3 is 0 Å². The van der Waals surface area contributed by atoms with Crippen molar-refractivity contribution in [3.8, 4) is 17.3 Å². The van der Waals surface area contributed by atoms with E-state index in [1.54, 1.807) is 0 Å². The summed E-state index contributed by atoms with van der Waals surface area (Å²) in [5.74, 6) is 4.25. The van der Waals surface area contributed by atoms with Crippen LogP contribution >= 0.6 is 0 Å². The third-order valence-electron chi connectivity index (χ3n) is 10.6. The molecule has 3 unspecified atom stereocenters. The van der Waals surface area contributed by atoms with E-state index in [2.05, 4.69) is 119 Å². The summed E-state index contributed by atoms with van der Waals surface area (Å²) in [4.78, 5) is 14.4. The standard InChI is InChI=1S/C40H39N5O/c1-40(2,3)28-15-18-42-39(21-28)45-34-10-5-4-9-32(34)33-14-13-31(23-37(33)45)46-30-8-6-7-29(22-30)43-25-44(35-16-17-41-24-38(35)43)36-20-26-11-12-27(36)19-26/h4-10,13-18,21-24,26-27,36H,11-12,19-20,25H2,1-3H3. The normalized spacial score (nSPS) is 20.6. The minimum absolute atomic E-state index is 0.0232. The fourth-order valence-electron chi connectivity index (χ4n) is 8.35. The third kappa shape index (κ3) is 4.45. The van der Waals surface area contributed by atoms with E-state index in [1.807, 2.05) is 24.7 Å². The Morgan fingerprint density at radius 2 is 1.63 bits per heavy atom. The van der Waals surface area contributed by atoms with Gasteiger partial charge in [-0.25, -0.2) is 4.98 Å². The molecule has 0 radical (unpaired) electrons. The van der Waals surface area contributed by atoms with Crippen molar-refractivity contribution >= 4 is 38.9 Å². The molecule has 0 spiro atoms. The summed E-state index contributed by atoms with van der Waals surface area (Å²) in [5.41, 5.74) is 7.10. The first-order valence-corrected chi connectivity index (χ1v) is 16.7. The Morgan fingerprint density at radius 3 is 2.48 bits per heavy atom. The lowest BCUT2D eigenvalue weighted by Gasteiger charge is -2.33. The maximum atomic E-state index is 6.62. The molecule has 2 bridgehead atoms. The van der Waals surface area contributed by atoms with E-state index in [-0.39, 0.29) is 5.41 Å². The Balaban J connectivity index is 1.07. The zero-order chi connectivity index (χ0) is 31.0. The number of anilines is 3. The van der Waals surface area contributed by atoms with Crippen molar-refractivity contribution in [1.82, 2.24) is 14.5 Å². The predicted molar refractivity (Wildman–Crippen MR) is 187 cm³/mol. The number of hydrogen-bond donors (Lipinski definition) is 0. The van der Waals surface area contributed by atoms with Gasteiger partial charge in [-0.2, -0.15) is 0 Å². The smallest absolute Gasteiger partial charge is 0.137 e. The van der Waals surface area contributed by atoms with Crippen LogP contribution in [0, 0.1) is 11.8 Å². The zero-order valence-electron chi connectivity index (χ0n) is 26.7. The second-order valence-corrected chi connectivity index (χ2v) is 14.4. The van der Waals surface area contributed by atoms with E-state index < -0.39 is 0 Å². The Kier molecular flexibility index (Phi) is 6.18. The first-order valence-electron chi connectivity index (χ1n) is 16.7. The van der Waals surface area contributed by atoms with Crippen LogP contribution in [-0.2, 0) is 5.41 Å². The Labute approximate surface area is 270 Å². The van der Waals surface area contributed by atoms with E-state index in [0.717, 1.165) is 52.5 Å². The Morgan fingerprint density at radius 1 is 0.761 bits per heavy atom. The highest BCUT2D eigenvalue weighted by Crippen LogP contribution is 2.51. The summed E-state index contributed by atoms with van der Waals surface area (Å²) >= 11 is 0. The van der Waals surface area contributed by atoms with Gasteiger partial charge in [0.2, 0.25) is 0 Å². The maximum absolute atomic E-state index is 6.62. The first-order chi connectivity index (χ1) is 22.4. The minimum Gasteiger partial charge on any atom is -0.457 e. The van der Waals surface area contributed by atoms with Crippen LogP contribution in [0.3, 0.4) is 0 Å². The van der Waals surface area contributed by atoms with E-state index in [4.69, 9.17) is 9.72 Å². The molecule has 1 aliphatic heterocycles. The minimum atomic E-state index is 0.0232. The van der Waals surface area contributed by atoms with Crippen LogP contribution < -0.4 is 14.5 Å². The van der Waals surface area contributed by atoms with Crippen LogP contribution in [0.15, 0.2) is 104 Å². The largest absolute Gasteiger partial charge is 0.457 e. The first kappa shape index (κ1) is 27.5. The molecule has 4 heterocycles. The monoisotopic (exact) mass is 605 g/mol. The predicted octanol–water partition coefficient (Wildman–Crippen LogP) is 9.77. The van der Waals surface area contributed by atoms with Gasteiger partial charge < -0.3 is 14.5 Å². The zero-order valence-corrected chi connectivity index (χ0v) is 26.7. The summed E-state index contributed by atoms with van der Waals surface area (Å²) in [7, 11) is 0. The molecule has 0 saturated heterocycles. The molecule has 6 heteroatoms. The molecule has 3 aliphatic rings. The molecule has 3 atom stereocenters. The number of aromatic nitrogens is 3. The van der Waals surface area contributed by atoms with Crippen molar-refractivity contribution in [3.63, 3.8) is 0 Å². The van der Waals surface area contributed by atoms with Gasteiger partial charge in [0.25, 0.3) is 0 Å². The van der Waals surface area contributed by atoms with E-state index >= 15 is 0 Å². The van der Waals surface area contributed by atoms with Gasteiger partial charge in [-0.1, -0.05) is 51.5 Å². The average molecular weight is 606 g/mol. The average Bonchev–Trinajstić information content (AvgIpc) is 3.86. The number of rotatable bonds is 5. The van der Waals surface area contributed by atoms with Crippen LogP contribution in [0.5, 0.6) is 11.5 Å². The molecule has 0 N–H and O–H groups in total. The van der Waals surface area contributed by atoms with Gasteiger partial charge in [0.05, 0.1) is 35.3 Å². The van der Waals surface area contributed by atoms with Gasteiger partial charge in [-0.3, -0.25) is 9.55 Å². The van der Waals surface area contributed by atoms with E-state index in [9.17, 15) is 0 Å². The fraction of sp³-hybridized carbons (Fsp3) is 0.300. The number of hydrogen-bond acceptors (Lipinski definition) is 5. The van der Waals surface area contributed by atoms with Crippen LogP contribution in [0.1, 0.15) is 52.0 Å². The molecule has 0 amide bonds. The summed E-state index contributed by atoms with van der Waals surface area (Å²) in [5, 5.41) is 2.39. The summed E-state index contributed by atoms with van der Waals surface area (Å²) in [6, 6.07) is 30.6. The molecule has 2 fully saturated rings. The number of ether oxygens (including phenoxy) is 1. The van der Waals surface area contributed by atoms with Crippen molar-refractivity contribution in [2.45, 2.75) is 57.9 Å². The summed E-state index contributed by atoms with van der Waals surface area (Å²) in [6.45, 7) is 7.58. The van der Waals surface area contributed by atoms with Crippen molar-refractivity contribution in [2.75, 3.05) is 16.5 Å². The summed E-state index contributed by atoms with van der Waals surface area (Å²) < 4.78 is 8.88. The van der Waals surface area contributed by atoms with Gasteiger partial charge in [-0.05, 0) is 90.6 Å². The summed E-state index contributed by atoms with van der Waals surface area (Å²) in [6.07, 6.45) is 11.4. The highest BCUT2D eigenvalue weighted by atomic mass is 16.5. The lowest BCUT2D eigenvalue weighted by atomic mass is 9.88. The van der Waals surface area contributed by atoms with Crippen molar-refractivity contribution in [2.24, 2.45) is 11.8 Å². The van der Waals surface area contributed by atoms with Crippen molar-refractivity contribution in [3.05, 3.63) is 109 Å². The van der Waals surface area contributed by atoms with Gasteiger partial charge in [0.1, 0.15) is 17.3 Å². The molecular weight excluding hydrogens is 566 g/mol. The SMILES string of the molecule is CC(C)(C)c1ccnc(-n2c3ccccc3c3ccc(Oc4cccc(N5CN(C6CC7CCC6C7)c6ccncc65)c4)cc32)c1. The maximum Gasteiger partial charge on any atom is 0.137 e. The molecule has 2 saturated carbocycles. The number of pyridine rings is 2. The van der Waals surface area contributed by atoms with E-state index in [1.165, 1.54) is 53.4 Å². The Bertz CT molecular complexity index is 2110. The molecule has 3 aromatic carbocycles. The van der Waals surface area contributed by atoms with Crippen LogP contribution in [-0.4, -0.2) is 27.2 Å². The van der Waals surface area contributed by atoms with Crippen LogP contribution in [0.25, 0.3) is 27.6 Å². The second-order valence-electron chi connectivity index (χ2n) is 14.4. The third-order valence-corrected chi connectivity index (χ3v) is 10.6. The number of nitrogens with zero attached hydrogens (tertiary/aromatic N) is 5. The Hall–Kier alpha value is -4.84. The lowest BCUT2D eigenvalue weighted by molar-refractivity contribution is 0.398. The molecule has 46 heavy (non-hydrogen) atoms. The number of fused-ring (bicyclic) bond motifs is 6. The van der Waals surface area contributed by atoms with Crippen molar-refractivity contribution in [1.29, 1.82) is 0 Å². The molecule has 230 valence electrons.